The van der Waals surface area contributed by atoms with Crippen LogP contribution >= 0.6 is 11.3 Å². The molecule has 0 amide bonds. The maximum atomic E-state index is 9.80. The molecule has 2 aromatic carbocycles. The van der Waals surface area contributed by atoms with E-state index in [9.17, 15) is 5.11 Å². The topological polar surface area (TPSA) is 67.3 Å². The van der Waals surface area contributed by atoms with E-state index in [4.69, 9.17) is 4.74 Å². The van der Waals surface area contributed by atoms with Crippen molar-refractivity contribution in [1.82, 2.24) is 9.97 Å². The Morgan fingerprint density at radius 3 is 2.55 bits per heavy atom. The number of thiophene rings is 1. The van der Waals surface area contributed by atoms with Gasteiger partial charge in [0.25, 0.3) is 0 Å². The molecule has 6 heteroatoms. The van der Waals surface area contributed by atoms with Gasteiger partial charge in [-0.2, -0.15) is 0 Å². The molecule has 0 aliphatic carbocycles. The number of aromatic nitrogens is 2. The van der Waals surface area contributed by atoms with Gasteiger partial charge in [-0.25, -0.2) is 9.97 Å². The minimum Gasteiger partial charge on any atom is -0.490 e. The Hall–Kier alpha value is -3.22. The van der Waals surface area contributed by atoms with Gasteiger partial charge in [-0.05, 0) is 68.8 Å². The molecule has 0 aliphatic rings. The van der Waals surface area contributed by atoms with E-state index in [1.165, 1.54) is 0 Å². The van der Waals surface area contributed by atoms with E-state index in [1.807, 2.05) is 62.4 Å². The predicted octanol–water partition coefficient (Wildman–Crippen LogP) is 6.46. The van der Waals surface area contributed by atoms with Gasteiger partial charge in [-0.1, -0.05) is 24.3 Å². The van der Waals surface area contributed by atoms with Gasteiger partial charge in [-0.3, -0.25) is 0 Å². The molecule has 1 atom stereocenters. The first-order valence-electron chi connectivity index (χ1n) is 10.2. The van der Waals surface area contributed by atoms with Gasteiger partial charge in [0, 0.05) is 22.3 Å². The number of rotatable bonds is 7. The zero-order valence-corrected chi connectivity index (χ0v) is 18.6. The van der Waals surface area contributed by atoms with E-state index in [0.29, 0.717) is 5.95 Å². The van der Waals surface area contributed by atoms with Gasteiger partial charge in [0.2, 0.25) is 5.95 Å². The van der Waals surface area contributed by atoms with Crippen LogP contribution in [0.1, 0.15) is 32.4 Å². The van der Waals surface area contributed by atoms with Crippen LogP contribution in [-0.2, 0) is 0 Å². The van der Waals surface area contributed by atoms with Crippen LogP contribution in [0.25, 0.3) is 21.0 Å². The minimum absolute atomic E-state index is 0.114. The first-order valence-corrected chi connectivity index (χ1v) is 11.1. The molecule has 0 saturated carbocycles. The maximum Gasteiger partial charge on any atom is 0.227 e. The smallest absolute Gasteiger partial charge is 0.227 e. The fraction of sp³-hybridized carbons (Fsp3) is 0.200. The average molecular weight is 432 g/mol. The summed E-state index contributed by atoms with van der Waals surface area (Å²) in [5.41, 5.74) is 3.60. The summed E-state index contributed by atoms with van der Waals surface area (Å²) in [5, 5.41) is 13.0. The second-order valence-electron chi connectivity index (χ2n) is 7.52. The van der Waals surface area contributed by atoms with E-state index < -0.39 is 6.10 Å². The number of benzene rings is 2. The molecule has 4 rings (SSSR count). The zero-order chi connectivity index (χ0) is 21.8. The lowest BCUT2D eigenvalue weighted by atomic mass is 10.1. The van der Waals surface area contributed by atoms with Crippen molar-refractivity contribution in [2.75, 3.05) is 5.32 Å². The highest BCUT2D eigenvalue weighted by Crippen LogP contribution is 2.38. The highest BCUT2D eigenvalue weighted by Gasteiger charge is 2.12. The van der Waals surface area contributed by atoms with Crippen molar-refractivity contribution in [3.8, 4) is 26.8 Å². The predicted molar refractivity (Wildman–Crippen MR) is 127 cm³/mol. The first-order chi connectivity index (χ1) is 15.0. The second kappa shape index (κ2) is 9.29. The summed E-state index contributed by atoms with van der Waals surface area (Å²) in [7, 11) is 0. The monoisotopic (exact) mass is 431 g/mol. The maximum absolute atomic E-state index is 9.80. The Bertz CT molecular complexity index is 1170. The number of nitrogens with zero attached hydrogens (tertiary/aromatic N) is 2. The normalized spacial score (nSPS) is 12.0. The number of aliphatic hydroxyl groups is 1. The Labute approximate surface area is 186 Å². The molecule has 0 radical (unpaired) electrons. The van der Waals surface area contributed by atoms with Gasteiger partial charge in [0.15, 0.2) is 0 Å². The molecule has 2 N–H and O–H groups in total. The fourth-order valence-corrected chi connectivity index (χ4v) is 4.21. The first kappa shape index (κ1) is 21.0. The van der Waals surface area contributed by atoms with Gasteiger partial charge in [-0.15, -0.1) is 11.3 Å². The molecule has 0 fully saturated rings. The standard InChI is InChI=1S/C25H25N3O2S/c1-16(2)30-22-10-5-4-9-20(22)23-11-12-24(31-23)21-13-14-26-25(28-21)27-19-8-6-7-18(15-19)17(3)29/h4-17,29H,1-3H3,(H,26,27,28). The van der Waals surface area contributed by atoms with E-state index in [1.54, 1.807) is 24.5 Å². The van der Waals surface area contributed by atoms with Crippen LogP contribution in [0.3, 0.4) is 0 Å². The van der Waals surface area contributed by atoms with Crippen LogP contribution in [-0.4, -0.2) is 21.2 Å². The van der Waals surface area contributed by atoms with Crippen LogP contribution < -0.4 is 10.1 Å². The van der Waals surface area contributed by atoms with Gasteiger partial charge in [0.05, 0.1) is 22.8 Å². The van der Waals surface area contributed by atoms with Crippen LogP contribution in [0.15, 0.2) is 72.9 Å². The number of anilines is 2. The van der Waals surface area contributed by atoms with E-state index in [-0.39, 0.29) is 6.10 Å². The summed E-state index contributed by atoms with van der Waals surface area (Å²) in [5.74, 6) is 1.40. The molecule has 158 valence electrons. The van der Waals surface area contributed by atoms with Crippen LogP contribution in [0.5, 0.6) is 5.75 Å². The number of hydrogen-bond donors (Lipinski definition) is 2. The second-order valence-corrected chi connectivity index (χ2v) is 8.60. The highest BCUT2D eigenvalue weighted by atomic mass is 32.1. The van der Waals surface area contributed by atoms with Crippen LogP contribution in [0.4, 0.5) is 11.6 Å². The third-order valence-electron chi connectivity index (χ3n) is 4.65. The third kappa shape index (κ3) is 5.10. The Morgan fingerprint density at radius 1 is 0.935 bits per heavy atom. The summed E-state index contributed by atoms with van der Waals surface area (Å²) >= 11 is 1.67. The summed E-state index contributed by atoms with van der Waals surface area (Å²) in [6, 6.07) is 21.8. The van der Waals surface area contributed by atoms with E-state index >= 15 is 0 Å². The molecule has 4 aromatic rings. The molecular formula is C25H25N3O2S. The fourth-order valence-electron chi connectivity index (χ4n) is 3.21. The molecule has 0 bridgehead atoms. The van der Waals surface area contributed by atoms with Crippen molar-refractivity contribution >= 4 is 23.0 Å². The summed E-state index contributed by atoms with van der Waals surface area (Å²) < 4.78 is 5.98. The number of para-hydroxylation sites is 1. The zero-order valence-electron chi connectivity index (χ0n) is 17.7. The molecule has 0 spiro atoms. The van der Waals surface area contributed by atoms with Gasteiger partial charge >= 0.3 is 0 Å². The lowest BCUT2D eigenvalue weighted by molar-refractivity contribution is 0.199. The molecule has 0 saturated heterocycles. The lowest BCUT2D eigenvalue weighted by Crippen LogP contribution is -2.06. The van der Waals surface area contributed by atoms with Crippen molar-refractivity contribution in [3.63, 3.8) is 0 Å². The van der Waals surface area contributed by atoms with Crippen molar-refractivity contribution in [2.24, 2.45) is 0 Å². The van der Waals surface area contributed by atoms with Crippen molar-refractivity contribution in [2.45, 2.75) is 33.0 Å². The highest BCUT2D eigenvalue weighted by molar-refractivity contribution is 7.18. The number of ether oxygens (including phenoxy) is 1. The summed E-state index contributed by atoms with van der Waals surface area (Å²) in [6.45, 7) is 5.81. The lowest BCUT2D eigenvalue weighted by Gasteiger charge is -2.13. The summed E-state index contributed by atoms with van der Waals surface area (Å²) in [6.07, 6.45) is 1.34. The van der Waals surface area contributed by atoms with Crippen molar-refractivity contribution in [3.05, 3.63) is 78.5 Å². The summed E-state index contributed by atoms with van der Waals surface area (Å²) in [4.78, 5) is 11.2. The van der Waals surface area contributed by atoms with Gasteiger partial charge < -0.3 is 15.2 Å². The Kier molecular flexibility index (Phi) is 6.30. The van der Waals surface area contributed by atoms with E-state index in [0.717, 1.165) is 38.0 Å². The largest absolute Gasteiger partial charge is 0.490 e. The molecule has 1 unspecified atom stereocenters. The molecule has 31 heavy (non-hydrogen) atoms. The number of aliphatic hydroxyl groups excluding tert-OH is 1. The number of nitrogens with one attached hydrogen (secondary N) is 1. The van der Waals surface area contributed by atoms with E-state index in [2.05, 4.69) is 33.5 Å². The number of hydrogen-bond acceptors (Lipinski definition) is 6. The van der Waals surface area contributed by atoms with Crippen LogP contribution in [0.2, 0.25) is 0 Å². The minimum atomic E-state index is -0.527. The average Bonchev–Trinajstić information content (AvgIpc) is 3.24. The van der Waals surface area contributed by atoms with Gasteiger partial charge in [0.1, 0.15) is 5.75 Å². The Morgan fingerprint density at radius 2 is 1.74 bits per heavy atom. The van der Waals surface area contributed by atoms with Crippen LogP contribution in [0, 0.1) is 0 Å². The molecule has 5 nitrogen and oxygen atoms in total. The quantitative estimate of drug-likeness (QED) is 0.352. The SMILES string of the molecule is CC(C)Oc1ccccc1-c1ccc(-c2ccnc(Nc3cccc(C(C)O)c3)n2)s1. The van der Waals surface area contributed by atoms with Crippen molar-refractivity contribution in [1.29, 1.82) is 0 Å². The molecule has 2 heterocycles. The molecule has 0 aliphatic heterocycles. The molecular weight excluding hydrogens is 406 g/mol. The van der Waals surface area contributed by atoms with Crippen molar-refractivity contribution < 1.29 is 9.84 Å². The Balaban J connectivity index is 1.59. The third-order valence-corrected chi connectivity index (χ3v) is 5.80. The molecule has 2 aromatic heterocycles.